The summed E-state index contributed by atoms with van der Waals surface area (Å²) < 4.78 is 0.897. The van der Waals surface area contributed by atoms with Crippen LogP contribution < -0.4 is 5.32 Å². The van der Waals surface area contributed by atoms with Crippen LogP contribution >= 0.6 is 34.4 Å². The topological polar surface area (TPSA) is 55.2 Å². The van der Waals surface area contributed by atoms with Crippen LogP contribution in [0.15, 0.2) is 18.2 Å². The molecule has 0 aliphatic heterocycles. The molecule has 0 unspecified atom stereocenters. The average Bonchev–Trinajstić information content (AvgIpc) is 2.39. The third-order valence-corrected chi connectivity index (χ3v) is 4.34. The summed E-state index contributed by atoms with van der Waals surface area (Å²) in [6.45, 7) is 0.924. The normalized spacial score (nSPS) is 10.4. The van der Waals surface area contributed by atoms with Crippen molar-refractivity contribution in [1.82, 2.24) is 0 Å². The molecule has 0 atom stereocenters. The van der Waals surface area contributed by atoms with Crippen LogP contribution in [0.1, 0.15) is 25.7 Å². The first kappa shape index (κ1) is 16.6. The second-order valence-corrected chi connectivity index (χ2v) is 6.40. The molecule has 0 amide bonds. The van der Waals surface area contributed by atoms with Crippen molar-refractivity contribution in [3.05, 3.63) is 31.9 Å². The summed E-state index contributed by atoms with van der Waals surface area (Å²) in [5.41, 5.74) is 1.13. The molecule has 106 valence electrons. The minimum absolute atomic E-state index is 0.145. The lowest BCUT2D eigenvalue weighted by Crippen LogP contribution is -2.03. The number of rotatable bonds is 9. The Morgan fingerprint density at radius 1 is 1.32 bits per heavy atom. The van der Waals surface area contributed by atoms with Crippen LogP contribution in [0.25, 0.3) is 0 Å². The molecule has 0 bridgehead atoms. The minimum atomic E-state index is -0.363. The number of hydrogen-bond acceptors (Lipinski definition) is 4. The fourth-order valence-electron chi connectivity index (χ4n) is 1.71. The van der Waals surface area contributed by atoms with E-state index in [-0.39, 0.29) is 10.6 Å². The van der Waals surface area contributed by atoms with E-state index in [1.165, 1.54) is 25.0 Å². The van der Waals surface area contributed by atoms with Gasteiger partial charge >= 0.3 is 0 Å². The van der Waals surface area contributed by atoms with E-state index in [4.69, 9.17) is 0 Å². The maximum atomic E-state index is 10.6. The smallest absolute Gasteiger partial charge is 0.270 e. The van der Waals surface area contributed by atoms with Crippen molar-refractivity contribution >= 4 is 45.7 Å². The SMILES string of the molecule is CSCCCCCCNc1ccc([N+](=O)[O-])cc1I. The number of nitrogens with one attached hydrogen (secondary N) is 1. The number of thioether (sulfide) groups is 1. The fourth-order valence-corrected chi connectivity index (χ4v) is 2.89. The molecule has 1 aromatic carbocycles. The lowest BCUT2D eigenvalue weighted by molar-refractivity contribution is -0.384. The summed E-state index contributed by atoms with van der Waals surface area (Å²) in [6.07, 6.45) is 7.08. The third-order valence-electron chi connectivity index (χ3n) is 2.75. The van der Waals surface area contributed by atoms with E-state index in [2.05, 4.69) is 34.2 Å². The molecule has 0 aliphatic carbocycles. The predicted molar refractivity (Wildman–Crippen MR) is 91.2 cm³/mol. The molecule has 1 N–H and O–H groups in total. The largest absolute Gasteiger partial charge is 0.384 e. The van der Waals surface area contributed by atoms with Gasteiger partial charge in [0.05, 0.1) is 4.92 Å². The van der Waals surface area contributed by atoms with Crippen molar-refractivity contribution in [3.63, 3.8) is 0 Å². The van der Waals surface area contributed by atoms with E-state index in [0.717, 1.165) is 22.2 Å². The van der Waals surface area contributed by atoms with Crippen LogP contribution in [0.2, 0.25) is 0 Å². The summed E-state index contributed by atoms with van der Waals surface area (Å²) >= 11 is 4.03. The van der Waals surface area contributed by atoms with Gasteiger partial charge in [0, 0.05) is 27.9 Å². The zero-order valence-corrected chi connectivity index (χ0v) is 14.0. The van der Waals surface area contributed by atoms with Gasteiger partial charge in [-0.1, -0.05) is 12.8 Å². The summed E-state index contributed by atoms with van der Waals surface area (Å²) in [5, 5.41) is 14.0. The second-order valence-electron chi connectivity index (χ2n) is 4.26. The van der Waals surface area contributed by atoms with Crippen LogP contribution in [0.5, 0.6) is 0 Å². The van der Waals surface area contributed by atoms with Crippen LogP contribution in [0, 0.1) is 13.7 Å². The standard InChI is InChI=1S/C13H19IN2O2S/c1-19-9-5-3-2-4-8-15-13-7-6-11(16(17)18)10-12(13)14/h6-7,10,15H,2-5,8-9H2,1H3. The Morgan fingerprint density at radius 2 is 2.05 bits per heavy atom. The molecule has 0 spiro atoms. The molecular weight excluding hydrogens is 375 g/mol. The molecule has 0 fully saturated rings. The van der Waals surface area contributed by atoms with Crippen molar-refractivity contribution in [2.75, 3.05) is 23.9 Å². The van der Waals surface area contributed by atoms with Gasteiger partial charge in [0.25, 0.3) is 5.69 Å². The van der Waals surface area contributed by atoms with Gasteiger partial charge in [-0.05, 0) is 53.5 Å². The zero-order valence-electron chi connectivity index (χ0n) is 11.0. The molecule has 0 aliphatic rings. The average molecular weight is 394 g/mol. The van der Waals surface area contributed by atoms with Gasteiger partial charge in [-0.25, -0.2) is 0 Å². The van der Waals surface area contributed by atoms with Crippen molar-refractivity contribution in [3.8, 4) is 0 Å². The Kier molecular flexibility index (Phi) is 8.20. The molecule has 4 nitrogen and oxygen atoms in total. The summed E-state index contributed by atoms with van der Waals surface area (Å²) in [7, 11) is 0. The molecule has 0 saturated heterocycles. The fraction of sp³-hybridized carbons (Fsp3) is 0.538. The van der Waals surface area contributed by atoms with E-state index in [1.807, 2.05) is 11.8 Å². The van der Waals surface area contributed by atoms with Gasteiger partial charge in [-0.2, -0.15) is 11.8 Å². The molecule has 6 heteroatoms. The highest BCUT2D eigenvalue weighted by molar-refractivity contribution is 14.1. The maximum Gasteiger partial charge on any atom is 0.270 e. The van der Waals surface area contributed by atoms with Gasteiger partial charge in [-0.15, -0.1) is 0 Å². The Morgan fingerprint density at radius 3 is 2.68 bits per heavy atom. The monoisotopic (exact) mass is 394 g/mol. The van der Waals surface area contributed by atoms with E-state index in [0.29, 0.717) is 0 Å². The number of nitro benzene ring substituents is 1. The number of unbranched alkanes of at least 4 members (excludes halogenated alkanes) is 3. The molecule has 0 heterocycles. The number of nitro groups is 1. The molecule has 19 heavy (non-hydrogen) atoms. The molecule has 1 aromatic rings. The number of hydrogen-bond donors (Lipinski definition) is 1. The van der Waals surface area contributed by atoms with Crippen molar-refractivity contribution in [2.24, 2.45) is 0 Å². The van der Waals surface area contributed by atoms with Crippen molar-refractivity contribution in [1.29, 1.82) is 0 Å². The minimum Gasteiger partial charge on any atom is -0.384 e. The van der Waals surface area contributed by atoms with Gasteiger partial charge in [0.1, 0.15) is 0 Å². The van der Waals surface area contributed by atoms with Crippen LogP contribution in [0.3, 0.4) is 0 Å². The Balaban J connectivity index is 2.28. The summed E-state index contributed by atoms with van der Waals surface area (Å²) in [6, 6.07) is 4.93. The van der Waals surface area contributed by atoms with E-state index in [1.54, 1.807) is 18.2 Å². The third kappa shape index (κ3) is 6.47. The van der Waals surface area contributed by atoms with Crippen molar-refractivity contribution in [2.45, 2.75) is 25.7 Å². The van der Waals surface area contributed by atoms with Gasteiger partial charge in [0.15, 0.2) is 0 Å². The quantitative estimate of drug-likeness (QED) is 0.289. The Labute approximate surface area is 132 Å². The highest BCUT2D eigenvalue weighted by atomic mass is 127. The van der Waals surface area contributed by atoms with Crippen LogP contribution in [-0.4, -0.2) is 23.5 Å². The number of benzene rings is 1. The lowest BCUT2D eigenvalue weighted by atomic mass is 10.2. The summed E-state index contributed by atoms with van der Waals surface area (Å²) in [4.78, 5) is 10.3. The van der Waals surface area contributed by atoms with Gasteiger partial charge in [-0.3, -0.25) is 10.1 Å². The zero-order chi connectivity index (χ0) is 14.1. The highest BCUT2D eigenvalue weighted by Crippen LogP contribution is 2.23. The first-order valence-electron chi connectivity index (χ1n) is 6.32. The molecule has 0 radical (unpaired) electrons. The molecule has 1 rings (SSSR count). The second kappa shape index (κ2) is 9.41. The van der Waals surface area contributed by atoms with Crippen molar-refractivity contribution < 1.29 is 4.92 Å². The van der Waals surface area contributed by atoms with E-state index in [9.17, 15) is 10.1 Å². The Bertz CT molecular complexity index is 416. The molecular formula is C13H19IN2O2S. The molecule has 0 saturated carbocycles. The van der Waals surface area contributed by atoms with E-state index < -0.39 is 0 Å². The number of halogens is 1. The Hall–Kier alpha value is -0.500. The predicted octanol–water partition coefficient (Wildman–Crippen LogP) is 4.53. The number of non-ortho nitro benzene ring substituents is 1. The number of nitrogens with zero attached hydrogens (tertiary/aromatic N) is 1. The van der Waals surface area contributed by atoms with Gasteiger partial charge < -0.3 is 5.32 Å². The summed E-state index contributed by atoms with van der Waals surface area (Å²) in [5.74, 6) is 1.24. The van der Waals surface area contributed by atoms with Gasteiger partial charge in [0.2, 0.25) is 0 Å². The first-order chi connectivity index (χ1) is 9.15. The van der Waals surface area contributed by atoms with E-state index >= 15 is 0 Å². The lowest BCUT2D eigenvalue weighted by Gasteiger charge is -2.08. The van der Waals surface area contributed by atoms with Crippen LogP contribution in [0.4, 0.5) is 11.4 Å². The first-order valence-corrected chi connectivity index (χ1v) is 8.79. The number of anilines is 1. The maximum absolute atomic E-state index is 10.6. The highest BCUT2D eigenvalue weighted by Gasteiger charge is 2.08. The van der Waals surface area contributed by atoms with Crippen LogP contribution in [-0.2, 0) is 0 Å². The molecule has 0 aromatic heterocycles.